The lowest BCUT2D eigenvalue weighted by molar-refractivity contribution is -0.0275. The third-order valence-electron chi connectivity index (χ3n) is 3.35. The molecule has 0 fully saturated rings. The van der Waals surface area contributed by atoms with E-state index in [0.29, 0.717) is 0 Å². The molecule has 1 aromatic rings. The highest BCUT2D eigenvalue weighted by molar-refractivity contribution is 6.53. The highest BCUT2D eigenvalue weighted by Gasteiger charge is 2.45. The van der Waals surface area contributed by atoms with Crippen molar-refractivity contribution in [2.45, 2.75) is 25.4 Å². The van der Waals surface area contributed by atoms with Crippen LogP contribution in [0.4, 0.5) is 0 Å². The third kappa shape index (κ3) is 2.65. The predicted molar refractivity (Wildman–Crippen MR) is 70.0 cm³/mol. The summed E-state index contributed by atoms with van der Waals surface area (Å²) in [5.41, 5.74) is 2.58. The van der Waals surface area contributed by atoms with Crippen LogP contribution in [0.3, 0.4) is 0 Å². The van der Waals surface area contributed by atoms with E-state index in [2.05, 4.69) is 18.2 Å². The number of aryl methyl sites for hydroxylation is 1. The number of hydrogen-bond donors (Lipinski definition) is 0. The van der Waals surface area contributed by atoms with Gasteiger partial charge in [0.05, 0.1) is 6.10 Å². The molecule has 0 amide bonds. The third-order valence-corrected chi connectivity index (χ3v) is 5.42. The molecule has 0 radical (unpaired) electrons. The summed E-state index contributed by atoms with van der Waals surface area (Å²) in [5, 5.41) is 0. The molecule has 0 heterocycles. The molecule has 1 aliphatic rings. The van der Waals surface area contributed by atoms with Crippen LogP contribution in [-0.4, -0.2) is 30.4 Å². The summed E-state index contributed by atoms with van der Waals surface area (Å²) in [6, 6.07) is 8.37. The molecule has 1 atom stereocenters. The predicted octanol–water partition coefficient (Wildman–Crippen LogP) is 2.46. The van der Waals surface area contributed by atoms with E-state index >= 15 is 0 Å². The van der Waals surface area contributed by atoms with E-state index < -0.39 is 9.05 Å². The molecule has 0 aromatic heterocycles. The zero-order chi connectivity index (χ0) is 13.0. The van der Waals surface area contributed by atoms with Crippen molar-refractivity contribution >= 4 is 9.05 Å². The van der Waals surface area contributed by atoms with E-state index in [0.717, 1.165) is 19.3 Å². The number of fused-ring (bicyclic) bond motifs is 1. The fraction of sp³-hybridized carbons (Fsp3) is 0.538. The van der Waals surface area contributed by atoms with E-state index in [1.54, 1.807) is 21.3 Å². The Labute approximate surface area is 109 Å². The fourth-order valence-corrected chi connectivity index (χ4v) is 3.78. The molecular formula is C13H20O4Si. The summed E-state index contributed by atoms with van der Waals surface area (Å²) in [7, 11) is 1.72. The molecule has 0 saturated heterocycles. The highest BCUT2D eigenvalue weighted by Crippen LogP contribution is 2.34. The normalized spacial score (nSPS) is 19.6. The average Bonchev–Trinajstić information content (AvgIpc) is 2.45. The minimum Gasteiger partial charge on any atom is -0.355 e. The molecule has 4 nitrogen and oxygen atoms in total. The molecule has 5 heteroatoms. The number of rotatable bonds is 5. The van der Waals surface area contributed by atoms with Gasteiger partial charge in [0.2, 0.25) is 0 Å². The molecule has 0 bridgehead atoms. The van der Waals surface area contributed by atoms with Crippen LogP contribution in [-0.2, 0) is 24.1 Å². The molecule has 0 N–H and O–H groups in total. The Morgan fingerprint density at radius 2 is 1.72 bits per heavy atom. The van der Waals surface area contributed by atoms with Gasteiger partial charge in [0.15, 0.2) is 0 Å². The lowest BCUT2D eigenvalue weighted by atomic mass is 9.90. The van der Waals surface area contributed by atoms with Crippen LogP contribution in [0, 0.1) is 0 Å². The molecule has 0 spiro atoms. The van der Waals surface area contributed by atoms with Gasteiger partial charge in [-0.05, 0) is 30.4 Å². The van der Waals surface area contributed by atoms with Crippen molar-refractivity contribution in [2.24, 2.45) is 0 Å². The van der Waals surface area contributed by atoms with Crippen molar-refractivity contribution in [2.75, 3.05) is 21.3 Å². The second-order valence-electron chi connectivity index (χ2n) is 4.31. The van der Waals surface area contributed by atoms with Gasteiger partial charge in [-0.2, -0.15) is 0 Å². The quantitative estimate of drug-likeness (QED) is 0.769. The van der Waals surface area contributed by atoms with Gasteiger partial charge in [-0.15, -0.1) is 0 Å². The van der Waals surface area contributed by atoms with Crippen LogP contribution >= 0.6 is 0 Å². The first-order valence-electron chi connectivity index (χ1n) is 6.15. The summed E-state index contributed by atoms with van der Waals surface area (Å²) in [4.78, 5) is 0. The first-order valence-corrected chi connectivity index (χ1v) is 7.79. The smallest absolute Gasteiger partial charge is 0.355 e. The Bertz CT molecular complexity index is 384. The molecule has 100 valence electrons. The summed E-state index contributed by atoms with van der Waals surface area (Å²) < 4.78 is 22.0. The van der Waals surface area contributed by atoms with E-state index in [1.165, 1.54) is 11.1 Å². The van der Waals surface area contributed by atoms with E-state index in [-0.39, 0.29) is 6.10 Å². The zero-order valence-corrected chi connectivity index (χ0v) is 12.1. The van der Waals surface area contributed by atoms with Crippen LogP contribution in [0.25, 0.3) is 0 Å². The molecule has 0 unspecified atom stereocenters. The molecule has 0 aliphatic heterocycles. The largest absolute Gasteiger partial charge is 0.679 e. The molecule has 1 aromatic carbocycles. The van der Waals surface area contributed by atoms with Crippen molar-refractivity contribution in [3.8, 4) is 0 Å². The minimum absolute atomic E-state index is 0.00136. The van der Waals surface area contributed by atoms with Crippen molar-refractivity contribution < 1.29 is 17.7 Å². The van der Waals surface area contributed by atoms with Crippen molar-refractivity contribution in [3.05, 3.63) is 35.4 Å². The van der Waals surface area contributed by atoms with Gasteiger partial charge in [-0.1, -0.05) is 24.3 Å². The number of benzene rings is 1. The molecule has 2 rings (SSSR count). The van der Waals surface area contributed by atoms with Gasteiger partial charge in [0, 0.05) is 21.3 Å². The summed E-state index contributed by atoms with van der Waals surface area (Å²) >= 11 is 0. The van der Waals surface area contributed by atoms with Crippen LogP contribution in [0.2, 0.25) is 0 Å². The van der Waals surface area contributed by atoms with E-state index in [1.807, 2.05) is 6.07 Å². The molecular weight excluding hydrogens is 248 g/mol. The van der Waals surface area contributed by atoms with E-state index in [4.69, 9.17) is 17.7 Å². The second kappa shape index (κ2) is 5.95. The first kappa shape index (κ1) is 13.7. The van der Waals surface area contributed by atoms with Gasteiger partial charge < -0.3 is 17.7 Å². The number of hydrogen-bond acceptors (Lipinski definition) is 4. The van der Waals surface area contributed by atoms with Crippen LogP contribution in [0.5, 0.6) is 0 Å². The summed E-state index contributed by atoms with van der Waals surface area (Å²) in [6.07, 6.45) is 3.20. The second-order valence-corrected chi connectivity index (χ2v) is 6.77. The molecule has 18 heavy (non-hydrogen) atoms. The zero-order valence-electron chi connectivity index (χ0n) is 11.1. The van der Waals surface area contributed by atoms with Crippen molar-refractivity contribution in [1.29, 1.82) is 0 Å². The van der Waals surface area contributed by atoms with Gasteiger partial charge in [0.1, 0.15) is 0 Å². The average molecular weight is 268 g/mol. The Morgan fingerprint density at radius 1 is 1.06 bits per heavy atom. The van der Waals surface area contributed by atoms with E-state index in [9.17, 15) is 0 Å². The standard InChI is InChI=1S/C13H20O4Si/c1-14-18(15-2,16-3)17-13-10-6-8-11-7-4-5-9-12(11)13/h4-5,7,9,13H,6,8,10H2,1-3H3/t13-/m1/s1. The van der Waals surface area contributed by atoms with Gasteiger partial charge in [0.25, 0.3) is 0 Å². The highest BCUT2D eigenvalue weighted by atomic mass is 28.4. The summed E-state index contributed by atoms with van der Waals surface area (Å²) in [5.74, 6) is 0. The maximum absolute atomic E-state index is 6.03. The van der Waals surface area contributed by atoms with Gasteiger partial charge in [-0.25, -0.2) is 0 Å². The van der Waals surface area contributed by atoms with Gasteiger partial charge >= 0.3 is 9.05 Å². The SMILES string of the molecule is CO[Si](OC)(OC)O[C@@H]1CCCc2ccccc21. The monoisotopic (exact) mass is 268 g/mol. The lowest BCUT2D eigenvalue weighted by Gasteiger charge is -2.32. The van der Waals surface area contributed by atoms with Gasteiger partial charge in [-0.3, -0.25) is 0 Å². The van der Waals surface area contributed by atoms with Crippen molar-refractivity contribution in [3.63, 3.8) is 0 Å². The van der Waals surface area contributed by atoms with Crippen LogP contribution in [0.1, 0.15) is 30.1 Å². The van der Waals surface area contributed by atoms with Crippen LogP contribution in [0.15, 0.2) is 24.3 Å². The maximum Gasteiger partial charge on any atom is 0.679 e. The Morgan fingerprint density at radius 3 is 2.39 bits per heavy atom. The topological polar surface area (TPSA) is 36.9 Å². The fourth-order valence-electron chi connectivity index (χ4n) is 2.40. The van der Waals surface area contributed by atoms with Crippen molar-refractivity contribution in [1.82, 2.24) is 0 Å². The Hall–Kier alpha value is -0.723. The Kier molecular flexibility index (Phi) is 4.53. The molecule has 1 aliphatic carbocycles. The maximum atomic E-state index is 6.03. The lowest BCUT2D eigenvalue weighted by Crippen LogP contribution is -2.47. The Balaban J connectivity index is 2.20. The minimum atomic E-state index is -2.97. The molecule has 0 saturated carbocycles. The first-order chi connectivity index (χ1) is 8.74. The summed E-state index contributed by atoms with van der Waals surface area (Å²) in [6.45, 7) is 0. The van der Waals surface area contributed by atoms with Crippen LogP contribution < -0.4 is 0 Å².